The van der Waals surface area contributed by atoms with Gasteiger partial charge in [0.15, 0.2) is 0 Å². The summed E-state index contributed by atoms with van der Waals surface area (Å²) in [5.74, 6) is 0. The van der Waals surface area contributed by atoms with Gasteiger partial charge in [0.05, 0.1) is 26.4 Å². The van der Waals surface area contributed by atoms with Crippen molar-refractivity contribution in [2.45, 2.75) is 12.8 Å². The quantitative estimate of drug-likeness (QED) is 0.312. The second kappa shape index (κ2) is 12.0. The standard InChI is InChI=1S/2C3H7O4P.2K/c2*4-8(5)6-2-1-3-7-8;;/h2*1-3H2,(H,4,5);;/q;;2*+1/p-2. The van der Waals surface area contributed by atoms with Crippen LogP contribution in [-0.2, 0) is 27.2 Å². The van der Waals surface area contributed by atoms with Gasteiger partial charge in [-0.1, -0.05) is 0 Å². The predicted molar refractivity (Wildman–Crippen MR) is 48.3 cm³/mol. The molecule has 2 rings (SSSR count). The van der Waals surface area contributed by atoms with Crippen molar-refractivity contribution in [3.05, 3.63) is 0 Å². The van der Waals surface area contributed by atoms with E-state index in [0.717, 1.165) is 0 Å². The summed E-state index contributed by atoms with van der Waals surface area (Å²) in [5, 5.41) is 0. The summed E-state index contributed by atoms with van der Waals surface area (Å²) in [6.07, 6.45) is 1.32. The van der Waals surface area contributed by atoms with Crippen LogP contribution in [0.15, 0.2) is 0 Å². The van der Waals surface area contributed by atoms with Gasteiger partial charge in [-0.2, -0.15) is 0 Å². The van der Waals surface area contributed by atoms with Crippen molar-refractivity contribution < 1.29 is 140 Å². The van der Waals surface area contributed by atoms with Crippen LogP contribution in [0.3, 0.4) is 0 Å². The number of rotatable bonds is 0. The molecule has 0 amide bonds. The van der Waals surface area contributed by atoms with Gasteiger partial charge in [-0.3, -0.25) is 9.13 Å². The zero-order chi connectivity index (χ0) is 12.1. The van der Waals surface area contributed by atoms with Crippen LogP contribution >= 0.6 is 15.6 Å². The summed E-state index contributed by atoms with van der Waals surface area (Å²) < 4.78 is 37.4. The van der Waals surface area contributed by atoms with E-state index in [4.69, 9.17) is 0 Å². The topological polar surface area (TPSA) is 117 Å². The number of phosphoric ester groups is 2. The summed E-state index contributed by atoms with van der Waals surface area (Å²) in [4.78, 5) is 20.5. The number of hydrogen-bond acceptors (Lipinski definition) is 8. The van der Waals surface area contributed by atoms with E-state index in [1.54, 1.807) is 0 Å². The minimum absolute atomic E-state index is 0. The molecule has 2 fully saturated rings. The van der Waals surface area contributed by atoms with E-state index in [-0.39, 0.29) is 129 Å². The van der Waals surface area contributed by atoms with Crippen molar-refractivity contribution in [3.63, 3.8) is 0 Å². The minimum atomic E-state index is -3.84. The molecule has 0 radical (unpaired) electrons. The molecule has 0 aromatic heterocycles. The Balaban J connectivity index is 0. The van der Waals surface area contributed by atoms with E-state index >= 15 is 0 Å². The molecule has 0 unspecified atom stereocenters. The molecule has 96 valence electrons. The van der Waals surface area contributed by atoms with Crippen molar-refractivity contribution >= 4 is 15.6 Å². The third-order valence-corrected chi connectivity index (χ3v) is 3.57. The van der Waals surface area contributed by atoms with Crippen molar-refractivity contribution in [1.82, 2.24) is 0 Å². The van der Waals surface area contributed by atoms with Gasteiger partial charge in [-0.25, -0.2) is 0 Å². The second-order valence-corrected chi connectivity index (χ2v) is 5.76. The average molecular weight is 352 g/mol. The van der Waals surface area contributed by atoms with Crippen LogP contribution in [0, 0.1) is 0 Å². The summed E-state index contributed by atoms with van der Waals surface area (Å²) in [6.45, 7) is 1.06. The number of phosphoric acid groups is 2. The molecule has 2 aliphatic heterocycles. The monoisotopic (exact) mass is 352 g/mol. The smallest absolute Gasteiger partial charge is 0.756 e. The first-order valence-corrected chi connectivity index (χ1v) is 7.54. The van der Waals surface area contributed by atoms with Crippen molar-refractivity contribution in [3.8, 4) is 0 Å². The van der Waals surface area contributed by atoms with E-state index in [0.29, 0.717) is 12.8 Å². The van der Waals surface area contributed by atoms with Gasteiger partial charge in [0.1, 0.15) is 0 Å². The molecule has 0 saturated carbocycles. The summed E-state index contributed by atoms with van der Waals surface area (Å²) >= 11 is 0. The molecule has 0 aliphatic carbocycles. The van der Waals surface area contributed by atoms with Crippen LogP contribution in [0.1, 0.15) is 12.8 Å². The van der Waals surface area contributed by atoms with Crippen LogP contribution in [0.4, 0.5) is 0 Å². The molecule has 8 nitrogen and oxygen atoms in total. The first kappa shape index (κ1) is 23.8. The fraction of sp³-hybridized carbons (Fsp3) is 1.00. The van der Waals surface area contributed by atoms with Gasteiger partial charge >= 0.3 is 103 Å². The molecule has 12 heteroatoms. The Bertz CT molecular complexity index is 264. The molecule has 2 heterocycles. The molecule has 0 aromatic rings. The SMILES string of the molecule is O=P1([O-])OCCCO1.O=P1([O-])OCCCO1.[K+].[K+]. The summed E-state index contributed by atoms with van der Waals surface area (Å²) in [6, 6.07) is 0. The Morgan fingerprint density at radius 2 is 0.889 bits per heavy atom. The van der Waals surface area contributed by atoms with Crippen LogP contribution in [0.5, 0.6) is 0 Å². The van der Waals surface area contributed by atoms with Crippen LogP contribution in [0.2, 0.25) is 0 Å². The first-order valence-electron chi connectivity index (χ1n) is 4.62. The van der Waals surface area contributed by atoms with Crippen molar-refractivity contribution in [2.75, 3.05) is 26.4 Å². The average Bonchev–Trinajstić information content (AvgIpc) is 2.17. The van der Waals surface area contributed by atoms with Crippen molar-refractivity contribution in [1.29, 1.82) is 0 Å². The van der Waals surface area contributed by atoms with E-state index in [2.05, 4.69) is 18.1 Å². The van der Waals surface area contributed by atoms with Gasteiger partial charge in [0, 0.05) is 0 Å². The molecular formula is C6H12K2O8P2. The largest absolute Gasteiger partial charge is 1.00 e. The first-order chi connectivity index (χ1) is 7.41. The Morgan fingerprint density at radius 3 is 1.00 bits per heavy atom. The Hall–Kier alpha value is 3.49. The van der Waals surface area contributed by atoms with E-state index in [9.17, 15) is 18.9 Å². The van der Waals surface area contributed by atoms with E-state index in [1.165, 1.54) is 0 Å². The summed E-state index contributed by atoms with van der Waals surface area (Å²) in [5.41, 5.74) is 0. The molecule has 2 aliphatic rings. The van der Waals surface area contributed by atoms with Gasteiger partial charge in [-0.05, 0) is 12.8 Å². The maximum Gasteiger partial charge on any atom is 1.00 e. The molecule has 0 atom stereocenters. The predicted octanol–water partition coefficient (Wildman–Crippen LogP) is -6.21. The third-order valence-electron chi connectivity index (χ3n) is 1.57. The van der Waals surface area contributed by atoms with E-state index in [1.807, 2.05) is 0 Å². The molecule has 0 N–H and O–H groups in total. The van der Waals surface area contributed by atoms with Gasteiger partial charge in [0.2, 0.25) is 0 Å². The zero-order valence-electron chi connectivity index (χ0n) is 10.4. The summed E-state index contributed by atoms with van der Waals surface area (Å²) in [7, 11) is -7.67. The number of hydrogen-bond donors (Lipinski definition) is 0. The molecule has 0 bridgehead atoms. The molecule has 0 aromatic carbocycles. The van der Waals surface area contributed by atoms with Crippen LogP contribution < -0.4 is 113 Å². The Kier molecular flexibility index (Phi) is 15.8. The maximum absolute atomic E-state index is 10.2. The van der Waals surface area contributed by atoms with E-state index < -0.39 is 15.6 Å². The fourth-order valence-electron chi connectivity index (χ4n) is 0.898. The third kappa shape index (κ3) is 12.1. The molecule has 2 saturated heterocycles. The van der Waals surface area contributed by atoms with Gasteiger partial charge < -0.3 is 27.9 Å². The Morgan fingerprint density at radius 1 is 0.667 bits per heavy atom. The van der Waals surface area contributed by atoms with Crippen molar-refractivity contribution in [2.24, 2.45) is 0 Å². The van der Waals surface area contributed by atoms with Gasteiger partial charge in [0.25, 0.3) is 15.6 Å². The molecule has 18 heavy (non-hydrogen) atoms. The molecule has 0 spiro atoms. The Labute approximate surface area is 191 Å². The maximum atomic E-state index is 10.2. The fourth-order valence-corrected chi connectivity index (χ4v) is 2.46. The van der Waals surface area contributed by atoms with Gasteiger partial charge in [-0.15, -0.1) is 0 Å². The second-order valence-electron chi connectivity index (χ2n) is 2.93. The normalized spacial score (nSPS) is 24.6. The van der Waals surface area contributed by atoms with Crippen LogP contribution in [0.25, 0.3) is 0 Å². The minimum Gasteiger partial charge on any atom is -0.756 e. The molecular weight excluding hydrogens is 340 g/mol. The zero-order valence-corrected chi connectivity index (χ0v) is 18.4. The van der Waals surface area contributed by atoms with Crippen LogP contribution in [-0.4, -0.2) is 26.4 Å².